The van der Waals surface area contributed by atoms with E-state index < -0.39 is 4.92 Å². The molecule has 0 atom stereocenters. The summed E-state index contributed by atoms with van der Waals surface area (Å²) in [6, 6.07) is 15.8. The van der Waals surface area contributed by atoms with Crippen LogP contribution in [0.2, 0.25) is 5.15 Å². The summed E-state index contributed by atoms with van der Waals surface area (Å²) >= 11 is 7.59. The number of halogens is 1. The Morgan fingerprint density at radius 3 is 2.46 bits per heavy atom. The van der Waals surface area contributed by atoms with Crippen LogP contribution in [0.15, 0.2) is 59.8 Å². The Balaban J connectivity index is 1.35. The van der Waals surface area contributed by atoms with Crippen molar-refractivity contribution in [1.82, 2.24) is 14.9 Å². The molecule has 9 nitrogen and oxygen atoms in total. The van der Waals surface area contributed by atoms with E-state index in [-0.39, 0.29) is 11.6 Å². The highest BCUT2D eigenvalue weighted by atomic mass is 35.5. The first kappa shape index (κ1) is 24.7. The average Bonchev–Trinajstić information content (AvgIpc) is 2.87. The predicted molar refractivity (Wildman–Crippen MR) is 139 cm³/mol. The maximum atomic E-state index is 13.1. The summed E-state index contributed by atoms with van der Waals surface area (Å²) in [7, 11) is 3.79. The molecule has 11 heteroatoms. The van der Waals surface area contributed by atoms with Crippen molar-refractivity contribution in [2.45, 2.75) is 10.9 Å². The Labute approximate surface area is 212 Å². The molecule has 4 rings (SSSR count). The van der Waals surface area contributed by atoms with Crippen molar-refractivity contribution in [2.24, 2.45) is 0 Å². The van der Waals surface area contributed by atoms with Crippen molar-refractivity contribution >= 4 is 46.5 Å². The highest BCUT2D eigenvalue weighted by molar-refractivity contribution is 7.98. The number of rotatable bonds is 7. The van der Waals surface area contributed by atoms with Gasteiger partial charge in [-0.25, -0.2) is 9.97 Å². The summed E-state index contributed by atoms with van der Waals surface area (Å²) in [6.07, 6.45) is 0. The molecule has 1 fully saturated rings. The first-order valence-corrected chi connectivity index (χ1v) is 12.4. The van der Waals surface area contributed by atoms with Crippen molar-refractivity contribution in [1.29, 1.82) is 0 Å². The zero-order chi connectivity index (χ0) is 24.9. The second-order valence-electron chi connectivity index (χ2n) is 8.27. The molecular formula is C24H25ClN6O3S. The number of nitro benzene ring substituents is 1. The van der Waals surface area contributed by atoms with E-state index in [1.54, 1.807) is 18.2 Å². The Morgan fingerprint density at radius 2 is 1.80 bits per heavy atom. The molecular weight excluding hydrogens is 488 g/mol. The first-order valence-electron chi connectivity index (χ1n) is 11.0. The third-order valence-corrected chi connectivity index (χ3v) is 6.77. The standard InChI is InChI=1S/C24H25ClN6O3S/c1-28(2)22-15-21(25)26-24(27-22)35-16-17-4-3-5-18(14-17)23(32)30-12-10-29(11-13-30)19-6-8-20(9-7-19)31(33)34/h3-9,14-15H,10-13,16H2,1-2H3. The normalized spacial score (nSPS) is 13.6. The fraction of sp³-hybridized carbons (Fsp3) is 0.292. The number of thioether (sulfide) groups is 1. The lowest BCUT2D eigenvalue weighted by atomic mass is 10.1. The van der Waals surface area contributed by atoms with E-state index in [1.165, 1.54) is 23.9 Å². The van der Waals surface area contributed by atoms with E-state index in [1.807, 2.05) is 48.2 Å². The van der Waals surface area contributed by atoms with Crippen LogP contribution in [0.4, 0.5) is 17.2 Å². The van der Waals surface area contributed by atoms with Gasteiger partial charge in [0.25, 0.3) is 11.6 Å². The number of benzene rings is 2. The quantitative estimate of drug-likeness (QED) is 0.151. The number of aromatic nitrogens is 2. The number of piperazine rings is 1. The van der Waals surface area contributed by atoms with Crippen molar-refractivity contribution in [3.63, 3.8) is 0 Å². The van der Waals surface area contributed by atoms with Crippen LogP contribution in [-0.2, 0) is 5.75 Å². The first-order chi connectivity index (χ1) is 16.8. The molecule has 2 aromatic carbocycles. The average molecular weight is 513 g/mol. The van der Waals surface area contributed by atoms with E-state index in [0.29, 0.717) is 47.8 Å². The molecule has 3 aromatic rings. The number of amides is 1. The molecule has 1 aliphatic rings. The third kappa shape index (κ3) is 6.20. The summed E-state index contributed by atoms with van der Waals surface area (Å²) in [6.45, 7) is 2.50. The Morgan fingerprint density at radius 1 is 1.09 bits per heavy atom. The van der Waals surface area contributed by atoms with Crippen molar-refractivity contribution in [3.8, 4) is 0 Å². The Hall–Kier alpha value is -3.37. The number of carbonyl (C=O) groups excluding carboxylic acids is 1. The third-order valence-electron chi connectivity index (χ3n) is 5.65. The highest BCUT2D eigenvalue weighted by Crippen LogP contribution is 2.25. The van der Waals surface area contributed by atoms with Crippen molar-refractivity contribution < 1.29 is 9.72 Å². The highest BCUT2D eigenvalue weighted by Gasteiger charge is 2.23. The van der Waals surface area contributed by atoms with Gasteiger partial charge in [0, 0.05) is 75.5 Å². The van der Waals surface area contributed by atoms with E-state index in [0.717, 1.165) is 17.1 Å². The SMILES string of the molecule is CN(C)c1cc(Cl)nc(SCc2cccc(C(=O)N3CCN(c4ccc([N+](=O)[O-])cc4)CC3)c2)n1. The molecule has 0 saturated carbocycles. The minimum absolute atomic E-state index is 0.00546. The summed E-state index contributed by atoms with van der Waals surface area (Å²) in [4.78, 5) is 38.2. The number of nitrogens with zero attached hydrogens (tertiary/aromatic N) is 6. The lowest BCUT2D eigenvalue weighted by molar-refractivity contribution is -0.384. The fourth-order valence-electron chi connectivity index (χ4n) is 3.76. The van der Waals surface area contributed by atoms with Crippen LogP contribution in [0.1, 0.15) is 15.9 Å². The fourth-order valence-corrected chi connectivity index (χ4v) is 4.78. The van der Waals surface area contributed by atoms with E-state index in [4.69, 9.17) is 11.6 Å². The minimum atomic E-state index is -0.407. The number of nitro groups is 1. The summed E-state index contributed by atoms with van der Waals surface area (Å²) in [5.74, 6) is 1.35. The van der Waals surface area contributed by atoms with E-state index in [2.05, 4.69) is 14.9 Å². The largest absolute Gasteiger partial charge is 0.368 e. The number of anilines is 2. The molecule has 2 heterocycles. The van der Waals surface area contributed by atoms with Gasteiger partial charge in [-0.15, -0.1) is 0 Å². The second kappa shape index (κ2) is 10.9. The van der Waals surface area contributed by atoms with Gasteiger partial charge in [-0.2, -0.15) is 0 Å². The second-order valence-corrected chi connectivity index (χ2v) is 9.60. The Kier molecular flexibility index (Phi) is 7.72. The molecule has 1 saturated heterocycles. The monoisotopic (exact) mass is 512 g/mol. The number of carbonyl (C=O) groups is 1. The molecule has 0 N–H and O–H groups in total. The zero-order valence-corrected chi connectivity index (χ0v) is 21.0. The van der Waals surface area contributed by atoms with Crippen LogP contribution < -0.4 is 9.80 Å². The van der Waals surface area contributed by atoms with Crippen LogP contribution in [0.3, 0.4) is 0 Å². The Bertz CT molecular complexity index is 1220. The molecule has 0 unspecified atom stereocenters. The van der Waals surface area contributed by atoms with Crippen LogP contribution >= 0.6 is 23.4 Å². The smallest absolute Gasteiger partial charge is 0.269 e. The topological polar surface area (TPSA) is 95.7 Å². The van der Waals surface area contributed by atoms with Gasteiger partial charge in [-0.3, -0.25) is 14.9 Å². The molecule has 0 radical (unpaired) electrons. The lowest BCUT2D eigenvalue weighted by Crippen LogP contribution is -2.48. The van der Waals surface area contributed by atoms with Gasteiger partial charge in [-0.1, -0.05) is 35.5 Å². The molecule has 1 aromatic heterocycles. The van der Waals surface area contributed by atoms with Gasteiger partial charge in [-0.05, 0) is 29.8 Å². The van der Waals surface area contributed by atoms with Gasteiger partial charge in [0.15, 0.2) is 5.16 Å². The van der Waals surface area contributed by atoms with Gasteiger partial charge < -0.3 is 14.7 Å². The lowest BCUT2D eigenvalue weighted by Gasteiger charge is -2.36. The van der Waals surface area contributed by atoms with Gasteiger partial charge in [0.05, 0.1) is 4.92 Å². The summed E-state index contributed by atoms with van der Waals surface area (Å²) in [5, 5.41) is 11.8. The molecule has 0 spiro atoms. The summed E-state index contributed by atoms with van der Waals surface area (Å²) < 4.78 is 0. The van der Waals surface area contributed by atoms with E-state index in [9.17, 15) is 14.9 Å². The summed E-state index contributed by atoms with van der Waals surface area (Å²) in [5.41, 5.74) is 2.64. The molecule has 1 aliphatic heterocycles. The maximum absolute atomic E-state index is 13.1. The maximum Gasteiger partial charge on any atom is 0.269 e. The van der Waals surface area contributed by atoms with Gasteiger partial charge >= 0.3 is 0 Å². The van der Waals surface area contributed by atoms with Crippen molar-refractivity contribution in [2.75, 3.05) is 50.1 Å². The molecule has 182 valence electrons. The number of hydrogen-bond donors (Lipinski definition) is 0. The van der Waals surface area contributed by atoms with Crippen molar-refractivity contribution in [3.05, 3.63) is 81.0 Å². The molecule has 0 bridgehead atoms. The molecule has 35 heavy (non-hydrogen) atoms. The van der Waals surface area contributed by atoms with Crippen LogP contribution in [-0.4, -0.2) is 66.0 Å². The predicted octanol–water partition coefficient (Wildman–Crippen LogP) is 4.36. The van der Waals surface area contributed by atoms with Crippen LogP contribution in [0.25, 0.3) is 0 Å². The van der Waals surface area contributed by atoms with Crippen LogP contribution in [0.5, 0.6) is 0 Å². The van der Waals surface area contributed by atoms with E-state index >= 15 is 0 Å². The zero-order valence-electron chi connectivity index (χ0n) is 19.4. The number of non-ortho nitro benzene ring substituents is 1. The minimum Gasteiger partial charge on any atom is -0.368 e. The number of hydrogen-bond acceptors (Lipinski definition) is 8. The van der Waals surface area contributed by atoms with Gasteiger partial charge in [0.2, 0.25) is 0 Å². The van der Waals surface area contributed by atoms with Crippen LogP contribution in [0, 0.1) is 10.1 Å². The molecule has 1 amide bonds. The van der Waals surface area contributed by atoms with Gasteiger partial charge in [0.1, 0.15) is 11.0 Å². The molecule has 0 aliphatic carbocycles.